The number of rotatable bonds is 3. The van der Waals surface area contributed by atoms with E-state index in [1.807, 2.05) is 0 Å². The summed E-state index contributed by atoms with van der Waals surface area (Å²) in [4.78, 5) is 17.0. The first-order valence-electron chi connectivity index (χ1n) is 6.79. The van der Waals surface area contributed by atoms with Crippen LogP contribution in [0.25, 0.3) is 10.6 Å². The highest BCUT2D eigenvalue weighted by Gasteiger charge is 2.21. The van der Waals surface area contributed by atoms with Crippen molar-refractivity contribution in [2.75, 3.05) is 5.32 Å². The predicted octanol–water partition coefficient (Wildman–Crippen LogP) is 4.04. The molecule has 9 heteroatoms. The first-order chi connectivity index (χ1) is 11.4. The molecule has 0 bridgehead atoms. The van der Waals surface area contributed by atoms with Crippen molar-refractivity contribution in [2.24, 2.45) is 7.05 Å². The van der Waals surface area contributed by atoms with Crippen molar-refractivity contribution in [2.45, 2.75) is 6.92 Å². The van der Waals surface area contributed by atoms with Crippen molar-refractivity contribution in [1.29, 1.82) is 0 Å². The van der Waals surface area contributed by atoms with Gasteiger partial charge in [-0.3, -0.25) is 9.48 Å². The van der Waals surface area contributed by atoms with Crippen molar-refractivity contribution < 1.29 is 13.6 Å². The molecule has 124 valence electrons. The van der Waals surface area contributed by atoms with Crippen LogP contribution >= 0.6 is 22.9 Å². The number of halogens is 3. The Balaban J connectivity index is 1.94. The molecule has 1 N–H and O–H groups in total. The van der Waals surface area contributed by atoms with Crippen molar-refractivity contribution in [3.63, 3.8) is 0 Å². The zero-order valence-electron chi connectivity index (χ0n) is 12.6. The average Bonchev–Trinajstić information content (AvgIpc) is 3.05. The maximum absolute atomic E-state index is 13.9. The minimum absolute atomic E-state index is 0.0811. The molecule has 0 aliphatic rings. The molecule has 1 aromatic carbocycles. The third kappa shape index (κ3) is 2.90. The summed E-state index contributed by atoms with van der Waals surface area (Å²) in [6, 6.07) is 3.56. The van der Waals surface area contributed by atoms with Crippen LogP contribution in [0.3, 0.4) is 0 Å². The van der Waals surface area contributed by atoms with E-state index in [4.69, 9.17) is 11.6 Å². The van der Waals surface area contributed by atoms with Gasteiger partial charge in [0.1, 0.15) is 27.5 Å². The van der Waals surface area contributed by atoms with Crippen LogP contribution in [0, 0.1) is 18.6 Å². The van der Waals surface area contributed by atoms with Gasteiger partial charge in [0.2, 0.25) is 0 Å². The Labute approximate surface area is 144 Å². The van der Waals surface area contributed by atoms with Gasteiger partial charge in [-0.2, -0.15) is 5.10 Å². The number of hydrogen-bond acceptors (Lipinski definition) is 4. The standard InChI is InChI=1S/C15H11ClF2N4OS/c1-7-12(14(23)20-10-6-19-22(2)13(10)16)21-15(24-7)11-8(17)4-3-5-9(11)18/h3-6H,1-2H3,(H,20,23). The molecule has 1 amide bonds. The second kappa shape index (κ2) is 6.29. The van der Waals surface area contributed by atoms with E-state index in [1.54, 1.807) is 14.0 Å². The van der Waals surface area contributed by atoms with Gasteiger partial charge in [-0.25, -0.2) is 13.8 Å². The first-order valence-corrected chi connectivity index (χ1v) is 7.98. The van der Waals surface area contributed by atoms with E-state index in [0.29, 0.717) is 10.6 Å². The van der Waals surface area contributed by atoms with Gasteiger partial charge in [-0.05, 0) is 19.1 Å². The molecule has 0 unspecified atom stereocenters. The molecule has 3 aromatic rings. The van der Waals surface area contributed by atoms with Crippen LogP contribution in [0.4, 0.5) is 14.5 Å². The molecule has 3 rings (SSSR count). The zero-order valence-corrected chi connectivity index (χ0v) is 14.2. The Kier molecular flexibility index (Phi) is 4.33. The number of aromatic nitrogens is 3. The molecule has 0 saturated carbocycles. The van der Waals surface area contributed by atoms with Gasteiger partial charge in [0.15, 0.2) is 0 Å². The van der Waals surface area contributed by atoms with E-state index in [0.717, 1.165) is 23.5 Å². The molecule has 2 heterocycles. The number of nitrogens with one attached hydrogen (secondary N) is 1. The van der Waals surface area contributed by atoms with Crippen LogP contribution in [0.2, 0.25) is 5.15 Å². The summed E-state index contributed by atoms with van der Waals surface area (Å²) in [6.45, 7) is 1.65. The highest BCUT2D eigenvalue weighted by Crippen LogP contribution is 2.32. The van der Waals surface area contributed by atoms with Crippen molar-refractivity contribution >= 4 is 34.5 Å². The second-order valence-corrected chi connectivity index (χ2v) is 6.51. The largest absolute Gasteiger partial charge is 0.317 e. The molecule has 2 aromatic heterocycles. The Morgan fingerprint density at radius 2 is 2.00 bits per heavy atom. The molecular weight excluding hydrogens is 358 g/mol. The number of amides is 1. The number of hydrogen-bond donors (Lipinski definition) is 1. The second-order valence-electron chi connectivity index (χ2n) is 4.95. The topological polar surface area (TPSA) is 59.8 Å². The molecule has 0 fully saturated rings. The summed E-state index contributed by atoms with van der Waals surface area (Å²) >= 11 is 7.03. The highest BCUT2D eigenvalue weighted by atomic mass is 35.5. The molecule has 5 nitrogen and oxygen atoms in total. The predicted molar refractivity (Wildman–Crippen MR) is 88.4 cm³/mol. The monoisotopic (exact) mass is 368 g/mol. The van der Waals surface area contributed by atoms with Gasteiger partial charge >= 0.3 is 0 Å². The first kappa shape index (κ1) is 16.5. The Bertz CT molecular complexity index is 917. The Morgan fingerprint density at radius 3 is 2.58 bits per heavy atom. The lowest BCUT2D eigenvalue weighted by atomic mass is 10.2. The van der Waals surface area contributed by atoms with Crippen molar-refractivity contribution in [3.8, 4) is 10.6 Å². The number of benzene rings is 1. The van der Waals surface area contributed by atoms with Crippen molar-refractivity contribution in [3.05, 3.63) is 51.8 Å². The Hall–Kier alpha value is -2.32. The summed E-state index contributed by atoms with van der Waals surface area (Å²) in [5.41, 5.74) is 0.164. The number of thiazole rings is 1. The fourth-order valence-electron chi connectivity index (χ4n) is 2.10. The van der Waals surface area contributed by atoms with Gasteiger partial charge in [0.25, 0.3) is 5.91 Å². The third-order valence-corrected chi connectivity index (χ3v) is 4.74. The number of carbonyl (C=O) groups excluding carboxylic acids is 1. The van der Waals surface area contributed by atoms with E-state index in [-0.39, 0.29) is 21.4 Å². The van der Waals surface area contributed by atoms with Crippen molar-refractivity contribution in [1.82, 2.24) is 14.8 Å². The summed E-state index contributed by atoms with van der Waals surface area (Å²) < 4.78 is 29.2. The normalized spacial score (nSPS) is 10.9. The smallest absolute Gasteiger partial charge is 0.275 e. The molecule has 0 saturated heterocycles. The lowest BCUT2D eigenvalue weighted by molar-refractivity contribution is 0.102. The quantitative estimate of drug-likeness (QED) is 0.759. The van der Waals surface area contributed by atoms with Gasteiger partial charge in [-0.15, -0.1) is 11.3 Å². The number of aryl methyl sites for hydroxylation is 2. The van der Waals surface area contributed by atoms with E-state index >= 15 is 0 Å². The molecule has 0 aliphatic carbocycles. The van der Waals surface area contributed by atoms with E-state index < -0.39 is 17.5 Å². The van der Waals surface area contributed by atoms with Crippen LogP contribution in [-0.4, -0.2) is 20.7 Å². The molecule has 0 radical (unpaired) electrons. The van der Waals surface area contributed by atoms with E-state index in [2.05, 4.69) is 15.4 Å². The van der Waals surface area contributed by atoms with Crippen LogP contribution < -0.4 is 5.32 Å². The molecule has 24 heavy (non-hydrogen) atoms. The number of carbonyl (C=O) groups is 1. The molecule has 0 atom stereocenters. The van der Waals surface area contributed by atoms with E-state index in [9.17, 15) is 13.6 Å². The lowest BCUT2D eigenvalue weighted by Crippen LogP contribution is -2.13. The van der Waals surface area contributed by atoms with Crippen LogP contribution in [0.15, 0.2) is 24.4 Å². The van der Waals surface area contributed by atoms with Gasteiger partial charge in [0.05, 0.1) is 17.4 Å². The average molecular weight is 369 g/mol. The summed E-state index contributed by atoms with van der Waals surface area (Å²) in [5.74, 6) is -1.99. The van der Waals surface area contributed by atoms with Crippen LogP contribution in [0.1, 0.15) is 15.4 Å². The fourth-order valence-corrected chi connectivity index (χ4v) is 3.20. The zero-order chi connectivity index (χ0) is 17.4. The molecule has 0 spiro atoms. The maximum atomic E-state index is 13.9. The van der Waals surface area contributed by atoms with Crippen LogP contribution in [-0.2, 0) is 7.05 Å². The minimum atomic E-state index is -0.731. The lowest BCUT2D eigenvalue weighted by Gasteiger charge is -2.02. The van der Waals surface area contributed by atoms with Gasteiger partial charge < -0.3 is 5.32 Å². The third-order valence-electron chi connectivity index (χ3n) is 3.30. The SMILES string of the molecule is Cc1sc(-c2c(F)cccc2F)nc1C(=O)Nc1cnn(C)c1Cl. The van der Waals surface area contributed by atoms with Gasteiger partial charge in [0, 0.05) is 11.9 Å². The Morgan fingerprint density at radius 1 is 1.33 bits per heavy atom. The summed E-state index contributed by atoms with van der Waals surface area (Å²) in [6.07, 6.45) is 1.40. The number of nitrogens with zero attached hydrogens (tertiary/aromatic N) is 3. The van der Waals surface area contributed by atoms with E-state index in [1.165, 1.54) is 16.9 Å². The molecular formula is C15H11ClF2N4OS. The summed E-state index contributed by atoms with van der Waals surface area (Å²) in [5, 5.41) is 6.86. The minimum Gasteiger partial charge on any atom is -0.317 e. The summed E-state index contributed by atoms with van der Waals surface area (Å²) in [7, 11) is 1.63. The van der Waals surface area contributed by atoms with Crippen LogP contribution in [0.5, 0.6) is 0 Å². The highest BCUT2D eigenvalue weighted by molar-refractivity contribution is 7.15. The van der Waals surface area contributed by atoms with Gasteiger partial charge in [-0.1, -0.05) is 17.7 Å². The fraction of sp³-hybridized carbons (Fsp3) is 0.133. The maximum Gasteiger partial charge on any atom is 0.275 e. The number of anilines is 1. The molecule has 0 aliphatic heterocycles.